The van der Waals surface area contributed by atoms with Crippen molar-refractivity contribution in [3.63, 3.8) is 0 Å². The largest absolute Gasteiger partial charge is 0.294 e. The van der Waals surface area contributed by atoms with Crippen LogP contribution in [0.25, 0.3) is 22.0 Å². The molecule has 0 N–H and O–H groups in total. The average molecular weight is 485 g/mol. The third-order valence-electron chi connectivity index (χ3n) is 7.67. The Hall–Kier alpha value is -3.98. The van der Waals surface area contributed by atoms with Gasteiger partial charge in [0.2, 0.25) is 0 Å². The van der Waals surface area contributed by atoms with E-state index in [9.17, 15) is 4.79 Å². The Morgan fingerprint density at radius 1 is 0.892 bits per heavy atom. The standard InChI is InChI=1S/C34H32N2O/c1-23(29-9-6-10-30(20-29)28-15-16-28)19-34(37)31-17-18-32-24(2)35-36(33(32)21-31)22-25-11-13-27(14-12-25)26-7-4-3-5-8-26/h3-14,17-18,20-21,23,28H,15-16,19,22H2,1-2H3/t23-/m1/s1. The molecule has 0 spiro atoms. The zero-order chi connectivity index (χ0) is 25.4. The summed E-state index contributed by atoms with van der Waals surface area (Å²) < 4.78 is 2.03. The van der Waals surface area contributed by atoms with E-state index in [2.05, 4.69) is 85.8 Å². The maximum Gasteiger partial charge on any atom is 0.163 e. The number of rotatable bonds is 8. The number of carbonyl (C=O) groups is 1. The first-order chi connectivity index (χ1) is 18.0. The number of carbonyl (C=O) groups excluding carboxylic acids is 1. The molecule has 0 radical (unpaired) electrons. The lowest BCUT2D eigenvalue weighted by Crippen LogP contribution is -2.06. The second kappa shape index (κ2) is 9.82. The lowest BCUT2D eigenvalue weighted by molar-refractivity contribution is 0.0975. The predicted molar refractivity (Wildman–Crippen MR) is 151 cm³/mol. The van der Waals surface area contributed by atoms with Gasteiger partial charge in [-0.2, -0.15) is 5.10 Å². The molecule has 1 aromatic heterocycles. The Balaban J connectivity index is 1.21. The molecule has 0 amide bonds. The van der Waals surface area contributed by atoms with Crippen molar-refractivity contribution < 1.29 is 4.79 Å². The molecule has 4 aromatic carbocycles. The van der Waals surface area contributed by atoms with Crippen LogP contribution in [0.4, 0.5) is 0 Å². The highest BCUT2D eigenvalue weighted by Crippen LogP contribution is 2.41. The van der Waals surface area contributed by atoms with Crippen LogP contribution in [0, 0.1) is 6.92 Å². The first-order valence-electron chi connectivity index (χ1n) is 13.3. The molecule has 0 bridgehead atoms. The maximum absolute atomic E-state index is 13.3. The van der Waals surface area contributed by atoms with Crippen molar-refractivity contribution in [3.8, 4) is 11.1 Å². The Bertz CT molecular complexity index is 1560. The fraction of sp³-hybridized carbons (Fsp3) is 0.235. The highest BCUT2D eigenvalue weighted by atomic mass is 16.1. The molecule has 0 aliphatic heterocycles. The molecule has 1 aliphatic rings. The van der Waals surface area contributed by atoms with Crippen molar-refractivity contribution in [1.82, 2.24) is 9.78 Å². The minimum Gasteiger partial charge on any atom is -0.294 e. The molecule has 0 saturated heterocycles. The lowest BCUT2D eigenvalue weighted by Gasteiger charge is -2.13. The second-order valence-corrected chi connectivity index (χ2v) is 10.5. The fourth-order valence-electron chi connectivity index (χ4n) is 5.29. The Morgan fingerprint density at radius 2 is 1.65 bits per heavy atom. The number of aromatic nitrogens is 2. The molecule has 1 aliphatic carbocycles. The van der Waals surface area contributed by atoms with Crippen molar-refractivity contribution in [2.45, 2.75) is 51.5 Å². The summed E-state index contributed by atoms with van der Waals surface area (Å²) in [5.74, 6) is 1.10. The minimum atomic E-state index is 0.184. The number of fused-ring (bicyclic) bond motifs is 1. The van der Waals surface area contributed by atoms with Gasteiger partial charge in [-0.3, -0.25) is 9.48 Å². The quantitative estimate of drug-likeness (QED) is 0.208. The predicted octanol–water partition coefficient (Wildman–Crippen LogP) is 8.31. The van der Waals surface area contributed by atoms with Crippen LogP contribution in [0.1, 0.15) is 70.8 Å². The van der Waals surface area contributed by atoms with E-state index in [1.807, 2.05) is 29.8 Å². The van der Waals surface area contributed by atoms with E-state index in [-0.39, 0.29) is 11.7 Å². The summed E-state index contributed by atoms with van der Waals surface area (Å²) in [5, 5.41) is 5.91. The molecule has 3 nitrogen and oxygen atoms in total. The summed E-state index contributed by atoms with van der Waals surface area (Å²) in [4.78, 5) is 13.3. The van der Waals surface area contributed by atoms with Crippen molar-refractivity contribution in [2.24, 2.45) is 0 Å². The van der Waals surface area contributed by atoms with Crippen LogP contribution in [0.2, 0.25) is 0 Å². The van der Waals surface area contributed by atoms with Crippen LogP contribution in [0.5, 0.6) is 0 Å². The monoisotopic (exact) mass is 484 g/mol. The van der Waals surface area contributed by atoms with Crippen LogP contribution < -0.4 is 0 Å². The number of hydrogen-bond acceptors (Lipinski definition) is 2. The van der Waals surface area contributed by atoms with Gasteiger partial charge in [-0.25, -0.2) is 0 Å². The molecule has 1 heterocycles. The summed E-state index contributed by atoms with van der Waals surface area (Å²) in [7, 11) is 0. The van der Waals surface area contributed by atoms with Crippen molar-refractivity contribution >= 4 is 16.7 Å². The second-order valence-electron chi connectivity index (χ2n) is 10.5. The first-order valence-corrected chi connectivity index (χ1v) is 13.3. The van der Waals surface area contributed by atoms with Gasteiger partial charge < -0.3 is 0 Å². The fourth-order valence-corrected chi connectivity index (χ4v) is 5.29. The topological polar surface area (TPSA) is 34.9 Å². The van der Waals surface area contributed by atoms with E-state index in [1.165, 1.54) is 40.7 Å². The molecule has 1 saturated carbocycles. The number of hydrogen-bond donors (Lipinski definition) is 0. The smallest absolute Gasteiger partial charge is 0.163 e. The van der Waals surface area contributed by atoms with Gasteiger partial charge >= 0.3 is 0 Å². The summed E-state index contributed by atoms with van der Waals surface area (Å²) in [5.41, 5.74) is 9.05. The van der Waals surface area contributed by atoms with E-state index in [1.54, 1.807) is 0 Å². The van der Waals surface area contributed by atoms with Crippen molar-refractivity contribution in [3.05, 3.63) is 125 Å². The maximum atomic E-state index is 13.3. The average Bonchev–Trinajstić information content (AvgIpc) is 3.74. The molecule has 3 heteroatoms. The van der Waals surface area contributed by atoms with Gasteiger partial charge in [0.25, 0.3) is 0 Å². The van der Waals surface area contributed by atoms with E-state index in [4.69, 9.17) is 5.10 Å². The highest BCUT2D eigenvalue weighted by molar-refractivity contribution is 6.00. The third-order valence-corrected chi connectivity index (χ3v) is 7.67. The van der Waals surface area contributed by atoms with Crippen LogP contribution in [0.3, 0.4) is 0 Å². The van der Waals surface area contributed by atoms with Crippen LogP contribution in [-0.4, -0.2) is 15.6 Å². The van der Waals surface area contributed by atoms with Gasteiger partial charge in [0.15, 0.2) is 5.78 Å². The van der Waals surface area contributed by atoms with E-state index < -0.39 is 0 Å². The number of ketones is 1. The van der Waals surface area contributed by atoms with Gasteiger partial charge in [0.1, 0.15) is 0 Å². The molecule has 184 valence electrons. The van der Waals surface area contributed by atoms with Crippen LogP contribution in [0.15, 0.2) is 97.1 Å². The van der Waals surface area contributed by atoms with Crippen LogP contribution in [-0.2, 0) is 6.54 Å². The Labute approximate surface area is 218 Å². The molecule has 0 unspecified atom stereocenters. The molecule has 5 aromatic rings. The summed E-state index contributed by atoms with van der Waals surface area (Å²) >= 11 is 0. The van der Waals surface area contributed by atoms with E-state index in [0.29, 0.717) is 13.0 Å². The third kappa shape index (κ3) is 4.99. The summed E-state index contributed by atoms with van der Waals surface area (Å²) in [6.45, 7) is 4.87. The number of nitrogens with zero attached hydrogens (tertiary/aromatic N) is 2. The lowest BCUT2D eigenvalue weighted by atomic mass is 9.91. The van der Waals surface area contributed by atoms with Crippen molar-refractivity contribution in [2.75, 3.05) is 0 Å². The number of Topliss-reactive ketones (excluding diaryl/α,β-unsaturated/α-hetero) is 1. The minimum absolute atomic E-state index is 0.184. The number of benzene rings is 4. The van der Waals surface area contributed by atoms with Gasteiger partial charge in [-0.15, -0.1) is 0 Å². The van der Waals surface area contributed by atoms with Gasteiger partial charge in [0, 0.05) is 17.4 Å². The molecule has 1 atom stereocenters. The zero-order valence-electron chi connectivity index (χ0n) is 21.5. The van der Waals surface area contributed by atoms with E-state index >= 15 is 0 Å². The normalized spacial score (nSPS) is 14.1. The molecule has 1 fully saturated rings. The first kappa shape index (κ1) is 23.4. The van der Waals surface area contributed by atoms with Crippen LogP contribution >= 0.6 is 0 Å². The summed E-state index contributed by atoms with van der Waals surface area (Å²) in [6.07, 6.45) is 3.09. The molecular formula is C34H32N2O. The van der Waals surface area contributed by atoms with Gasteiger partial charge in [-0.05, 0) is 65.5 Å². The SMILES string of the molecule is Cc1nn(Cc2ccc(-c3ccccc3)cc2)c2cc(C(=O)C[C@@H](C)c3cccc(C4CC4)c3)ccc12. The Morgan fingerprint density at radius 3 is 2.41 bits per heavy atom. The summed E-state index contributed by atoms with van der Waals surface area (Å²) in [6, 6.07) is 34.0. The Kier molecular flexibility index (Phi) is 6.21. The zero-order valence-corrected chi connectivity index (χ0v) is 21.5. The molecule has 6 rings (SSSR count). The molecular weight excluding hydrogens is 452 g/mol. The van der Waals surface area contributed by atoms with E-state index in [0.717, 1.165) is 28.1 Å². The van der Waals surface area contributed by atoms with Gasteiger partial charge in [-0.1, -0.05) is 97.9 Å². The highest BCUT2D eigenvalue weighted by Gasteiger charge is 2.24. The van der Waals surface area contributed by atoms with Crippen molar-refractivity contribution in [1.29, 1.82) is 0 Å². The number of aryl methyl sites for hydroxylation is 1. The van der Waals surface area contributed by atoms with Gasteiger partial charge in [0.05, 0.1) is 17.8 Å². The molecule has 37 heavy (non-hydrogen) atoms.